The van der Waals surface area contributed by atoms with E-state index in [4.69, 9.17) is 16.0 Å². The predicted molar refractivity (Wildman–Crippen MR) is 110 cm³/mol. The van der Waals surface area contributed by atoms with Gasteiger partial charge in [0.15, 0.2) is 0 Å². The van der Waals surface area contributed by atoms with Gasteiger partial charge in [-0.05, 0) is 54.1 Å². The van der Waals surface area contributed by atoms with Crippen LogP contribution in [-0.2, 0) is 11.3 Å². The van der Waals surface area contributed by atoms with Crippen molar-refractivity contribution in [2.24, 2.45) is 0 Å². The molecule has 1 saturated heterocycles. The Balaban J connectivity index is 1.46. The van der Waals surface area contributed by atoms with E-state index in [1.54, 1.807) is 59.3 Å². The number of nitrogens with zero attached hydrogens (tertiary/aromatic N) is 1. The molecule has 0 aliphatic carbocycles. The molecule has 2 amide bonds. The Kier molecular flexibility index (Phi) is 5.41. The lowest BCUT2D eigenvalue weighted by molar-refractivity contribution is -0.128. The SMILES string of the molecule is O=C(Nc1ccc(Cl)cc1)c1ccc([C@H]2SCC(=O)N2Cc2ccco2)cc1. The normalized spacial score (nSPS) is 16.4. The molecular weight excluding hydrogens is 396 g/mol. The molecule has 142 valence electrons. The Labute approximate surface area is 171 Å². The Morgan fingerprint density at radius 2 is 1.89 bits per heavy atom. The van der Waals surface area contributed by atoms with Gasteiger partial charge in [-0.25, -0.2) is 0 Å². The standard InChI is InChI=1S/C21H17ClN2O3S/c22-16-7-9-17(10-8-16)23-20(26)14-3-5-15(6-4-14)21-24(19(25)13-28-21)12-18-2-1-11-27-18/h1-11,21H,12-13H2,(H,23,26)/t21-/m1/s1. The molecule has 0 bridgehead atoms. The second kappa shape index (κ2) is 8.12. The highest BCUT2D eigenvalue weighted by atomic mass is 35.5. The molecule has 28 heavy (non-hydrogen) atoms. The quantitative estimate of drug-likeness (QED) is 0.643. The van der Waals surface area contributed by atoms with Gasteiger partial charge in [0.05, 0.1) is 18.6 Å². The maximum absolute atomic E-state index is 12.4. The van der Waals surface area contributed by atoms with Crippen LogP contribution in [0.2, 0.25) is 5.02 Å². The summed E-state index contributed by atoms with van der Waals surface area (Å²) in [4.78, 5) is 26.5. The van der Waals surface area contributed by atoms with Gasteiger partial charge >= 0.3 is 0 Å². The lowest BCUT2D eigenvalue weighted by Crippen LogP contribution is -2.27. The average Bonchev–Trinajstić information content (AvgIpc) is 3.35. The summed E-state index contributed by atoms with van der Waals surface area (Å²) in [5, 5.41) is 3.36. The second-order valence-electron chi connectivity index (χ2n) is 6.35. The first-order chi connectivity index (χ1) is 13.6. The van der Waals surface area contributed by atoms with Crippen LogP contribution in [0.5, 0.6) is 0 Å². The minimum atomic E-state index is -0.198. The Hall–Kier alpha value is -2.70. The molecule has 0 spiro atoms. The van der Waals surface area contributed by atoms with Gasteiger partial charge in [-0.3, -0.25) is 9.59 Å². The maximum atomic E-state index is 12.4. The van der Waals surface area contributed by atoms with E-state index in [2.05, 4.69) is 5.32 Å². The fourth-order valence-corrected chi connectivity index (χ4v) is 4.32. The zero-order valence-electron chi connectivity index (χ0n) is 14.8. The van der Waals surface area contributed by atoms with Crippen molar-refractivity contribution in [3.05, 3.63) is 88.8 Å². The van der Waals surface area contributed by atoms with Crippen LogP contribution in [-0.4, -0.2) is 22.5 Å². The van der Waals surface area contributed by atoms with E-state index in [0.29, 0.717) is 28.6 Å². The molecule has 1 N–H and O–H groups in total. The zero-order valence-corrected chi connectivity index (χ0v) is 16.4. The van der Waals surface area contributed by atoms with Gasteiger partial charge in [0.25, 0.3) is 5.91 Å². The number of benzene rings is 2. The zero-order chi connectivity index (χ0) is 19.5. The van der Waals surface area contributed by atoms with E-state index in [1.807, 2.05) is 24.3 Å². The third kappa shape index (κ3) is 4.08. The number of carbonyl (C=O) groups is 2. The lowest BCUT2D eigenvalue weighted by Gasteiger charge is -2.23. The molecule has 2 aromatic carbocycles. The van der Waals surface area contributed by atoms with E-state index in [1.165, 1.54) is 0 Å². The van der Waals surface area contributed by atoms with Crippen molar-refractivity contribution >= 4 is 40.9 Å². The molecule has 3 aromatic rings. The third-order valence-electron chi connectivity index (χ3n) is 4.43. The predicted octanol–water partition coefficient (Wildman–Crippen LogP) is 4.96. The van der Waals surface area contributed by atoms with Crippen molar-refractivity contribution in [1.82, 2.24) is 4.90 Å². The van der Waals surface area contributed by atoms with Gasteiger partial charge in [-0.2, -0.15) is 0 Å². The number of amides is 2. The number of thioether (sulfide) groups is 1. The summed E-state index contributed by atoms with van der Waals surface area (Å²) < 4.78 is 5.38. The van der Waals surface area contributed by atoms with Crippen molar-refractivity contribution in [3.8, 4) is 0 Å². The number of hydrogen-bond donors (Lipinski definition) is 1. The number of rotatable bonds is 5. The van der Waals surface area contributed by atoms with Crippen LogP contribution in [0, 0.1) is 0 Å². The van der Waals surface area contributed by atoms with Gasteiger partial charge in [-0.1, -0.05) is 23.7 Å². The van der Waals surface area contributed by atoms with Crippen LogP contribution in [0.1, 0.15) is 27.1 Å². The second-order valence-corrected chi connectivity index (χ2v) is 7.85. The lowest BCUT2D eigenvalue weighted by atomic mass is 10.1. The van der Waals surface area contributed by atoms with Gasteiger partial charge in [0, 0.05) is 16.3 Å². The topological polar surface area (TPSA) is 62.6 Å². The summed E-state index contributed by atoms with van der Waals surface area (Å²) in [5.41, 5.74) is 2.20. The average molecular weight is 413 g/mol. The number of hydrogen-bond acceptors (Lipinski definition) is 4. The number of furan rings is 1. The number of anilines is 1. The number of nitrogens with one attached hydrogen (secondary N) is 1. The van der Waals surface area contributed by atoms with Gasteiger partial charge in [0.1, 0.15) is 11.1 Å². The molecule has 1 aromatic heterocycles. The van der Waals surface area contributed by atoms with E-state index >= 15 is 0 Å². The molecule has 4 rings (SSSR count). The van der Waals surface area contributed by atoms with Crippen LogP contribution in [0.15, 0.2) is 71.3 Å². The van der Waals surface area contributed by atoms with Crippen molar-refractivity contribution in [2.75, 3.05) is 11.1 Å². The first kappa shape index (κ1) is 18.7. The molecule has 5 nitrogen and oxygen atoms in total. The van der Waals surface area contributed by atoms with Gasteiger partial charge < -0.3 is 14.6 Å². The fraction of sp³-hybridized carbons (Fsp3) is 0.143. The molecular formula is C21H17ClN2O3S. The maximum Gasteiger partial charge on any atom is 0.255 e. The summed E-state index contributed by atoms with van der Waals surface area (Å²) >= 11 is 7.44. The summed E-state index contributed by atoms with van der Waals surface area (Å²) in [7, 11) is 0. The molecule has 1 aliphatic rings. The van der Waals surface area contributed by atoms with Crippen LogP contribution >= 0.6 is 23.4 Å². The minimum absolute atomic E-state index is 0.0796. The summed E-state index contributed by atoms with van der Waals surface area (Å²) in [6, 6.07) is 18.0. The van der Waals surface area contributed by atoms with E-state index in [-0.39, 0.29) is 17.2 Å². The fourth-order valence-electron chi connectivity index (χ4n) is 3.01. The first-order valence-corrected chi connectivity index (χ1v) is 10.1. The Bertz CT molecular complexity index is 972. The van der Waals surface area contributed by atoms with Gasteiger partial charge in [-0.15, -0.1) is 11.8 Å². The molecule has 2 heterocycles. The smallest absolute Gasteiger partial charge is 0.255 e. The van der Waals surface area contributed by atoms with Crippen molar-refractivity contribution in [2.45, 2.75) is 11.9 Å². The van der Waals surface area contributed by atoms with Crippen LogP contribution < -0.4 is 5.32 Å². The molecule has 0 saturated carbocycles. The molecule has 1 atom stereocenters. The first-order valence-electron chi connectivity index (χ1n) is 8.70. The summed E-state index contributed by atoms with van der Waals surface area (Å²) in [6.07, 6.45) is 1.60. The Morgan fingerprint density at radius 1 is 1.14 bits per heavy atom. The highest BCUT2D eigenvalue weighted by Crippen LogP contribution is 2.39. The number of carbonyl (C=O) groups excluding carboxylic acids is 2. The molecule has 7 heteroatoms. The minimum Gasteiger partial charge on any atom is -0.467 e. The molecule has 1 aliphatic heterocycles. The van der Waals surface area contributed by atoms with E-state index in [9.17, 15) is 9.59 Å². The van der Waals surface area contributed by atoms with E-state index in [0.717, 1.165) is 11.3 Å². The highest BCUT2D eigenvalue weighted by Gasteiger charge is 2.33. The van der Waals surface area contributed by atoms with Crippen LogP contribution in [0.3, 0.4) is 0 Å². The summed E-state index contributed by atoms with van der Waals surface area (Å²) in [6.45, 7) is 0.433. The van der Waals surface area contributed by atoms with Crippen molar-refractivity contribution in [3.63, 3.8) is 0 Å². The van der Waals surface area contributed by atoms with Crippen molar-refractivity contribution in [1.29, 1.82) is 0 Å². The van der Waals surface area contributed by atoms with Crippen LogP contribution in [0.4, 0.5) is 5.69 Å². The largest absolute Gasteiger partial charge is 0.467 e. The molecule has 0 radical (unpaired) electrons. The van der Waals surface area contributed by atoms with E-state index < -0.39 is 0 Å². The third-order valence-corrected chi connectivity index (χ3v) is 5.94. The van der Waals surface area contributed by atoms with Crippen molar-refractivity contribution < 1.29 is 14.0 Å². The summed E-state index contributed by atoms with van der Waals surface area (Å²) in [5.74, 6) is 1.07. The highest BCUT2D eigenvalue weighted by molar-refractivity contribution is 8.00. The van der Waals surface area contributed by atoms with Gasteiger partial charge in [0.2, 0.25) is 5.91 Å². The monoisotopic (exact) mass is 412 g/mol. The number of halogens is 1. The molecule has 0 unspecified atom stereocenters. The molecule has 1 fully saturated rings. The van der Waals surface area contributed by atoms with Crippen LogP contribution in [0.25, 0.3) is 0 Å². The Morgan fingerprint density at radius 3 is 2.57 bits per heavy atom.